The Hall–Kier alpha value is -3.61. The van der Waals surface area contributed by atoms with E-state index in [1.54, 1.807) is 36.4 Å². The summed E-state index contributed by atoms with van der Waals surface area (Å²) >= 11 is 0. The fraction of sp³-hybridized carbons (Fsp3) is 0.227. The maximum absolute atomic E-state index is 12.8. The molecular weight excluding hydrogens is 370 g/mol. The molecule has 148 valence electrons. The Kier molecular flexibility index (Phi) is 5.03. The topological polar surface area (TPSA) is 80.8 Å². The van der Waals surface area contributed by atoms with E-state index in [9.17, 15) is 9.59 Å². The predicted molar refractivity (Wildman–Crippen MR) is 110 cm³/mol. The number of nitrogens with one attached hydrogen (secondary N) is 1. The second-order valence-electron chi connectivity index (χ2n) is 6.81. The van der Waals surface area contributed by atoms with E-state index < -0.39 is 5.92 Å². The van der Waals surface area contributed by atoms with Crippen LogP contribution in [0.15, 0.2) is 54.7 Å². The first-order chi connectivity index (χ1) is 14.1. The van der Waals surface area contributed by atoms with Crippen molar-refractivity contribution in [3.05, 3.63) is 54.7 Å². The molecule has 2 amide bonds. The smallest absolute Gasteiger partial charge is 0.229 e. The van der Waals surface area contributed by atoms with E-state index in [0.29, 0.717) is 23.7 Å². The number of aromatic nitrogens is 1. The van der Waals surface area contributed by atoms with Crippen LogP contribution in [0.5, 0.6) is 11.5 Å². The lowest BCUT2D eigenvalue weighted by Gasteiger charge is -2.18. The molecule has 0 radical (unpaired) electrons. The van der Waals surface area contributed by atoms with E-state index in [4.69, 9.17) is 9.47 Å². The molecule has 1 saturated heterocycles. The third-order valence-corrected chi connectivity index (χ3v) is 5.06. The van der Waals surface area contributed by atoms with Crippen LogP contribution >= 0.6 is 0 Å². The van der Waals surface area contributed by atoms with Gasteiger partial charge in [0.15, 0.2) is 0 Å². The first-order valence-electron chi connectivity index (χ1n) is 9.27. The molecule has 4 rings (SSSR count). The zero-order valence-electron chi connectivity index (χ0n) is 16.2. The van der Waals surface area contributed by atoms with Gasteiger partial charge in [0, 0.05) is 30.6 Å². The summed E-state index contributed by atoms with van der Waals surface area (Å²) in [7, 11) is 3.09. The van der Waals surface area contributed by atoms with Crippen molar-refractivity contribution in [3.63, 3.8) is 0 Å². The van der Waals surface area contributed by atoms with Gasteiger partial charge in [0.2, 0.25) is 11.8 Å². The average Bonchev–Trinajstić information content (AvgIpc) is 3.15. The van der Waals surface area contributed by atoms with Crippen LogP contribution in [-0.4, -0.2) is 37.6 Å². The fourth-order valence-electron chi connectivity index (χ4n) is 3.56. The van der Waals surface area contributed by atoms with Crippen LogP contribution in [-0.2, 0) is 9.59 Å². The maximum atomic E-state index is 12.8. The highest BCUT2D eigenvalue weighted by molar-refractivity contribution is 6.07. The van der Waals surface area contributed by atoms with Crippen LogP contribution in [0.4, 0.5) is 11.4 Å². The van der Waals surface area contributed by atoms with Gasteiger partial charge in [0.25, 0.3) is 0 Å². The summed E-state index contributed by atoms with van der Waals surface area (Å²) in [6, 6.07) is 14.7. The SMILES string of the molecule is COc1ccc(NC(=O)C2CC(=O)N(c3cccc4cccnc34)C2)c(OC)c1. The van der Waals surface area contributed by atoms with Crippen molar-refractivity contribution in [1.29, 1.82) is 0 Å². The predicted octanol–water partition coefficient (Wildman–Crippen LogP) is 3.24. The number of nitrogens with zero attached hydrogens (tertiary/aromatic N) is 2. The van der Waals surface area contributed by atoms with Gasteiger partial charge in [-0.25, -0.2) is 0 Å². The lowest BCUT2D eigenvalue weighted by atomic mass is 10.1. The van der Waals surface area contributed by atoms with Gasteiger partial charge >= 0.3 is 0 Å². The summed E-state index contributed by atoms with van der Waals surface area (Å²) in [4.78, 5) is 31.6. The highest BCUT2D eigenvalue weighted by Gasteiger charge is 2.36. The molecule has 1 aliphatic heterocycles. The molecule has 1 unspecified atom stereocenters. The number of pyridine rings is 1. The number of carbonyl (C=O) groups excluding carboxylic acids is 2. The minimum absolute atomic E-state index is 0.0926. The van der Waals surface area contributed by atoms with E-state index in [1.165, 1.54) is 7.11 Å². The summed E-state index contributed by atoms with van der Waals surface area (Å²) in [5.74, 6) is 0.346. The van der Waals surface area contributed by atoms with Crippen molar-refractivity contribution >= 4 is 34.1 Å². The van der Waals surface area contributed by atoms with Crippen molar-refractivity contribution in [2.24, 2.45) is 5.92 Å². The van der Waals surface area contributed by atoms with Crippen LogP contribution in [0.3, 0.4) is 0 Å². The Bertz CT molecular complexity index is 1080. The van der Waals surface area contributed by atoms with E-state index in [2.05, 4.69) is 10.3 Å². The van der Waals surface area contributed by atoms with E-state index in [-0.39, 0.29) is 18.2 Å². The Labute approximate surface area is 168 Å². The summed E-state index contributed by atoms with van der Waals surface area (Å²) in [5, 5.41) is 3.82. The summed E-state index contributed by atoms with van der Waals surface area (Å²) < 4.78 is 10.5. The number of anilines is 2. The van der Waals surface area contributed by atoms with Crippen LogP contribution in [0.2, 0.25) is 0 Å². The molecule has 1 aliphatic rings. The lowest BCUT2D eigenvalue weighted by molar-refractivity contribution is -0.122. The molecule has 0 spiro atoms. The highest BCUT2D eigenvalue weighted by atomic mass is 16.5. The number of carbonyl (C=O) groups is 2. The van der Waals surface area contributed by atoms with Gasteiger partial charge in [0.05, 0.1) is 37.0 Å². The van der Waals surface area contributed by atoms with Gasteiger partial charge in [-0.3, -0.25) is 14.6 Å². The zero-order chi connectivity index (χ0) is 20.4. The second-order valence-corrected chi connectivity index (χ2v) is 6.81. The number of amides is 2. The molecule has 0 bridgehead atoms. The molecule has 2 heterocycles. The molecule has 3 aromatic rings. The average molecular weight is 391 g/mol. The number of hydrogen-bond donors (Lipinski definition) is 1. The molecule has 0 aliphatic carbocycles. The summed E-state index contributed by atoms with van der Waals surface area (Å²) in [5.41, 5.74) is 2.02. The molecule has 7 heteroatoms. The van der Waals surface area contributed by atoms with Gasteiger partial charge in [-0.2, -0.15) is 0 Å². The van der Waals surface area contributed by atoms with Crippen molar-refractivity contribution in [3.8, 4) is 11.5 Å². The third-order valence-electron chi connectivity index (χ3n) is 5.06. The molecular formula is C22H21N3O4. The molecule has 29 heavy (non-hydrogen) atoms. The van der Waals surface area contributed by atoms with E-state index in [1.807, 2.05) is 30.3 Å². The Balaban J connectivity index is 1.54. The van der Waals surface area contributed by atoms with E-state index in [0.717, 1.165) is 16.6 Å². The van der Waals surface area contributed by atoms with Crippen molar-refractivity contribution in [2.45, 2.75) is 6.42 Å². The van der Waals surface area contributed by atoms with Gasteiger partial charge in [-0.05, 0) is 24.3 Å². The van der Waals surface area contributed by atoms with Gasteiger partial charge in [0.1, 0.15) is 11.5 Å². The van der Waals surface area contributed by atoms with Crippen LogP contribution in [0.1, 0.15) is 6.42 Å². The molecule has 0 saturated carbocycles. The number of benzene rings is 2. The fourth-order valence-corrected chi connectivity index (χ4v) is 3.56. The second kappa shape index (κ2) is 7.79. The van der Waals surface area contributed by atoms with Crippen LogP contribution in [0.25, 0.3) is 10.9 Å². The highest BCUT2D eigenvalue weighted by Crippen LogP contribution is 2.33. The first kappa shape index (κ1) is 18.7. The largest absolute Gasteiger partial charge is 0.497 e. The van der Waals surface area contributed by atoms with Gasteiger partial charge in [-0.15, -0.1) is 0 Å². The Morgan fingerprint density at radius 1 is 1.14 bits per heavy atom. The number of hydrogen-bond acceptors (Lipinski definition) is 5. The van der Waals surface area contributed by atoms with Gasteiger partial charge in [-0.1, -0.05) is 18.2 Å². The quantitative estimate of drug-likeness (QED) is 0.722. The van der Waals surface area contributed by atoms with Crippen molar-refractivity contribution in [2.75, 3.05) is 31.0 Å². The molecule has 1 atom stereocenters. The lowest BCUT2D eigenvalue weighted by Crippen LogP contribution is -2.28. The molecule has 7 nitrogen and oxygen atoms in total. The number of fused-ring (bicyclic) bond motifs is 1. The van der Waals surface area contributed by atoms with Crippen LogP contribution in [0, 0.1) is 5.92 Å². The number of rotatable bonds is 5. The Morgan fingerprint density at radius 2 is 1.97 bits per heavy atom. The van der Waals surface area contributed by atoms with Crippen LogP contribution < -0.4 is 19.7 Å². The zero-order valence-corrected chi connectivity index (χ0v) is 16.2. The molecule has 1 N–H and O–H groups in total. The minimum Gasteiger partial charge on any atom is -0.497 e. The van der Waals surface area contributed by atoms with E-state index >= 15 is 0 Å². The summed E-state index contributed by atoms with van der Waals surface area (Å²) in [6.45, 7) is 0.304. The number of ether oxygens (including phenoxy) is 2. The number of para-hydroxylation sites is 1. The Morgan fingerprint density at radius 3 is 2.76 bits per heavy atom. The van der Waals surface area contributed by atoms with Crippen molar-refractivity contribution in [1.82, 2.24) is 4.98 Å². The maximum Gasteiger partial charge on any atom is 0.229 e. The molecule has 2 aromatic carbocycles. The van der Waals surface area contributed by atoms with Crippen molar-refractivity contribution < 1.29 is 19.1 Å². The summed E-state index contributed by atoms with van der Waals surface area (Å²) in [6.07, 6.45) is 1.85. The monoisotopic (exact) mass is 391 g/mol. The number of methoxy groups -OCH3 is 2. The molecule has 1 aromatic heterocycles. The minimum atomic E-state index is -0.465. The molecule has 1 fully saturated rings. The standard InChI is InChI=1S/C22H21N3O4/c1-28-16-8-9-17(19(12-16)29-2)24-22(27)15-11-20(26)25(13-15)18-7-3-5-14-6-4-10-23-21(14)18/h3-10,12,15H,11,13H2,1-2H3,(H,24,27). The normalized spacial score (nSPS) is 16.1. The first-order valence-corrected chi connectivity index (χ1v) is 9.27. The van der Waals surface area contributed by atoms with Gasteiger partial charge < -0.3 is 19.7 Å². The third kappa shape index (κ3) is 3.59.